The van der Waals surface area contributed by atoms with Crippen molar-refractivity contribution in [3.05, 3.63) is 12.2 Å². The maximum atomic E-state index is 12.4. The van der Waals surface area contributed by atoms with Crippen molar-refractivity contribution in [2.75, 3.05) is 54.1 Å². The number of carbonyl (C=O) groups is 1. The quantitative estimate of drug-likeness (QED) is 0.0217. The maximum absolute atomic E-state index is 12.4. The Labute approximate surface area is 284 Å². The second kappa shape index (κ2) is 31.5. The third-order valence-corrected chi connectivity index (χ3v) is 9.03. The summed E-state index contributed by atoms with van der Waals surface area (Å²) in [5, 5.41) is 0. The van der Waals surface area contributed by atoms with E-state index in [-0.39, 0.29) is 25.8 Å². The van der Waals surface area contributed by atoms with Crippen LogP contribution in [0, 0.1) is 0 Å². The zero-order valence-electron chi connectivity index (χ0n) is 30.8. The lowest BCUT2D eigenvalue weighted by atomic mass is 10.1. The average Bonchev–Trinajstić information content (AvgIpc) is 2.99. The monoisotopic (exact) mass is 676 g/mol. The van der Waals surface area contributed by atoms with Crippen molar-refractivity contribution >= 4 is 13.8 Å². The Morgan fingerprint density at radius 3 is 1.65 bits per heavy atom. The average molecular weight is 676 g/mol. The fourth-order valence-electron chi connectivity index (χ4n) is 5.07. The lowest BCUT2D eigenvalue weighted by Gasteiger charge is -2.28. The largest absolute Gasteiger partial charge is 0.756 e. The van der Waals surface area contributed by atoms with Crippen molar-refractivity contribution in [2.45, 2.75) is 168 Å². The Bertz CT molecular complexity index is 756. The lowest BCUT2D eigenvalue weighted by molar-refractivity contribution is -0.870. The molecular formula is C37H74NO7P. The van der Waals surface area contributed by atoms with Crippen molar-refractivity contribution in [3.8, 4) is 0 Å². The van der Waals surface area contributed by atoms with Crippen molar-refractivity contribution in [3.63, 3.8) is 0 Å². The highest BCUT2D eigenvalue weighted by Gasteiger charge is 2.20. The van der Waals surface area contributed by atoms with Gasteiger partial charge in [0.25, 0.3) is 7.82 Å². The van der Waals surface area contributed by atoms with Crippen LogP contribution in [-0.2, 0) is 27.9 Å². The molecule has 0 aliphatic carbocycles. The third-order valence-electron chi connectivity index (χ3n) is 8.07. The van der Waals surface area contributed by atoms with E-state index in [0.717, 1.165) is 32.1 Å². The molecule has 0 bridgehead atoms. The van der Waals surface area contributed by atoms with Gasteiger partial charge in [-0.05, 0) is 38.5 Å². The first-order valence-electron chi connectivity index (χ1n) is 18.9. The summed E-state index contributed by atoms with van der Waals surface area (Å²) in [5.74, 6) is -0.344. The standard InChI is InChI=1S/C37H74NO7P/c1-6-8-10-12-14-15-16-17-18-19-20-21-22-23-24-25-27-29-32-42-34-36(45-37(39)30-28-26-13-11-9-7-2)35-44-46(40,41)43-33-31-38(3,4)5/h17-18,36H,6-16,19-35H2,1-5H3/b18-17-. The van der Waals surface area contributed by atoms with Crippen LogP contribution >= 0.6 is 7.82 Å². The number of ether oxygens (including phenoxy) is 2. The first-order valence-corrected chi connectivity index (χ1v) is 20.4. The molecule has 0 rings (SSSR count). The number of phosphoric acid groups is 1. The molecule has 0 amide bonds. The number of quaternary nitrogens is 1. The van der Waals surface area contributed by atoms with Gasteiger partial charge in [-0.3, -0.25) is 9.36 Å². The Hall–Kier alpha value is -0.760. The van der Waals surface area contributed by atoms with E-state index in [2.05, 4.69) is 26.0 Å². The first kappa shape index (κ1) is 45.2. The van der Waals surface area contributed by atoms with E-state index in [1.54, 1.807) is 0 Å². The Balaban J connectivity index is 4.11. The molecule has 274 valence electrons. The van der Waals surface area contributed by atoms with Crippen LogP contribution in [-0.4, -0.2) is 70.7 Å². The summed E-state index contributed by atoms with van der Waals surface area (Å²) in [6.45, 7) is 5.34. The van der Waals surface area contributed by atoms with Gasteiger partial charge in [0.15, 0.2) is 0 Å². The molecule has 0 radical (unpaired) electrons. The third kappa shape index (κ3) is 34.6. The zero-order chi connectivity index (χ0) is 34.2. The first-order chi connectivity index (χ1) is 22.1. The summed E-state index contributed by atoms with van der Waals surface area (Å²) in [6.07, 6.45) is 31.0. The number of esters is 1. The number of hydrogen-bond acceptors (Lipinski definition) is 7. The van der Waals surface area contributed by atoms with Gasteiger partial charge in [-0.1, -0.05) is 129 Å². The van der Waals surface area contributed by atoms with Crippen LogP contribution in [0.3, 0.4) is 0 Å². The molecular weight excluding hydrogens is 601 g/mol. The van der Waals surface area contributed by atoms with Crippen molar-refractivity contribution in [1.29, 1.82) is 0 Å². The molecule has 2 unspecified atom stereocenters. The summed E-state index contributed by atoms with van der Waals surface area (Å²) in [7, 11) is 1.36. The van der Waals surface area contributed by atoms with Gasteiger partial charge in [0.1, 0.15) is 19.3 Å². The predicted octanol–water partition coefficient (Wildman–Crippen LogP) is 9.69. The van der Waals surface area contributed by atoms with Crippen molar-refractivity contribution in [1.82, 2.24) is 0 Å². The van der Waals surface area contributed by atoms with Crippen molar-refractivity contribution in [2.24, 2.45) is 0 Å². The molecule has 0 fully saturated rings. The van der Waals surface area contributed by atoms with Gasteiger partial charge in [0.2, 0.25) is 0 Å². The number of rotatable bonds is 35. The summed E-state index contributed by atoms with van der Waals surface area (Å²) < 4.78 is 34.3. The summed E-state index contributed by atoms with van der Waals surface area (Å²) in [5.41, 5.74) is 0. The summed E-state index contributed by atoms with van der Waals surface area (Å²) >= 11 is 0. The molecule has 0 aliphatic rings. The topological polar surface area (TPSA) is 94.1 Å². The SMILES string of the molecule is CCCCCCCC/C=C\CCCCCCCCCCOCC(COP(=O)([O-])OCC[N+](C)(C)C)OC(=O)CCCCCCCC. The molecule has 0 aromatic heterocycles. The molecule has 2 atom stereocenters. The molecule has 9 heteroatoms. The number of likely N-dealkylation sites (N-methyl/N-ethyl adjacent to an activating group) is 1. The smallest absolute Gasteiger partial charge is 0.306 e. The molecule has 0 aromatic rings. The number of hydrogen-bond donors (Lipinski definition) is 0. The minimum absolute atomic E-state index is 0.0277. The highest BCUT2D eigenvalue weighted by atomic mass is 31.2. The fourth-order valence-corrected chi connectivity index (χ4v) is 5.80. The predicted molar refractivity (Wildman–Crippen MR) is 190 cm³/mol. The number of nitrogens with zero attached hydrogens (tertiary/aromatic N) is 1. The molecule has 0 heterocycles. The second-order valence-electron chi connectivity index (χ2n) is 13.9. The van der Waals surface area contributed by atoms with Crippen LogP contribution in [0.1, 0.15) is 162 Å². The van der Waals surface area contributed by atoms with Gasteiger partial charge in [-0.15, -0.1) is 0 Å². The van der Waals surface area contributed by atoms with E-state index in [0.29, 0.717) is 24.1 Å². The molecule has 0 aromatic carbocycles. The Morgan fingerprint density at radius 1 is 0.652 bits per heavy atom. The number of carbonyl (C=O) groups excluding carboxylic acids is 1. The minimum Gasteiger partial charge on any atom is -0.756 e. The summed E-state index contributed by atoms with van der Waals surface area (Å²) in [6, 6.07) is 0. The van der Waals surface area contributed by atoms with Crippen LogP contribution in [0.4, 0.5) is 0 Å². The highest BCUT2D eigenvalue weighted by Crippen LogP contribution is 2.38. The zero-order valence-corrected chi connectivity index (χ0v) is 31.7. The molecule has 0 aliphatic heterocycles. The fraction of sp³-hybridized carbons (Fsp3) is 0.919. The van der Waals surface area contributed by atoms with Crippen LogP contribution in [0.2, 0.25) is 0 Å². The summed E-state index contributed by atoms with van der Waals surface area (Å²) in [4.78, 5) is 24.7. The molecule has 0 saturated heterocycles. The molecule has 0 N–H and O–H groups in total. The van der Waals surface area contributed by atoms with Gasteiger partial charge < -0.3 is 27.9 Å². The maximum Gasteiger partial charge on any atom is 0.306 e. The Morgan fingerprint density at radius 2 is 1.13 bits per heavy atom. The van der Waals surface area contributed by atoms with E-state index in [9.17, 15) is 14.3 Å². The molecule has 8 nitrogen and oxygen atoms in total. The molecule has 46 heavy (non-hydrogen) atoms. The molecule has 0 saturated carbocycles. The number of allylic oxidation sites excluding steroid dienone is 2. The van der Waals surface area contributed by atoms with Gasteiger partial charge in [-0.25, -0.2) is 0 Å². The lowest BCUT2D eigenvalue weighted by Crippen LogP contribution is -2.37. The van der Waals surface area contributed by atoms with Crippen LogP contribution in [0.25, 0.3) is 0 Å². The van der Waals surface area contributed by atoms with Gasteiger partial charge in [0, 0.05) is 13.0 Å². The molecule has 0 spiro atoms. The number of phosphoric ester groups is 1. The Kier molecular flexibility index (Phi) is 31.0. The van der Waals surface area contributed by atoms with Crippen LogP contribution < -0.4 is 4.89 Å². The van der Waals surface area contributed by atoms with E-state index < -0.39 is 13.9 Å². The van der Waals surface area contributed by atoms with Crippen LogP contribution in [0.5, 0.6) is 0 Å². The van der Waals surface area contributed by atoms with Gasteiger partial charge >= 0.3 is 5.97 Å². The van der Waals surface area contributed by atoms with Crippen molar-refractivity contribution < 1.29 is 37.3 Å². The van der Waals surface area contributed by atoms with E-state index >= 15 is 0 Å². The van der Waals surface area contributed by atoms with E-state index in [1.807, 2.05) is 21.1 Å². The van der Waals surface area contributed by atoms with E-state index in [1.165, 1.54) is 109 Å². The van der Waals surface area contributed by atoms with Crippen LogP contribution in [0.15, 0.2) is 12.2 Å². The van der Waals surface area contributed by atoms with Gasteiger partial charge in [0.05, 0.1) is 34.4 Å². The van der Waals surface area contributed by atoms with Gasteiger partial charge in [-0.2, -0.15) is 0 Å². The number of unbranched alkanes of at least 4 members (excludes halogenated alkanes) is 19. The normalized spacial score (nSPS) is 14.1. The van der Waals surface area contributed by atoms with E-state index in [4.69, 9.17) is 18.5 Å². The second-order valence-corrected chi connectivity index (χ2v) is 15.4. The highest BCUT2D eigenvalue weighted by molar-refractivity contribution is 7.45. The minimum atomic E-state index is -4.50.